The normalized spacial score (nSPS) is 12.3. The van der Waals surface area contributed by atoms with Gasteiger partial charge in [-0.2, -0.15) is 13.2 Å². The lowest BCUT2D eigenvalue weighted by Crippen LogP contribution is -2.05. The number of alkyl halides is 3. The first kappa shape index (κ1) is 21.2. The maximum Gasteiger partial charge on any atom is 0.418 e. The third-order valence-electron chi connectivity index (χ3n) is 4.55. The molecule has 0 saturated carbocycles. The van der Waals surface area contributed by atoms with Crippen LogP contribution in [0, 0.1) is 0 Å². The van der Waals surface area contributed by atoms with Crippen LogP contribution >= 0.6 is 11.6 Å². The molecule has 4 rings (SSSR count). The summed E-state index contributed by atoms with van der Waals surface area (Å²) in [5, 5.41) is 0.288. The summed E-state index contributed by atoms with van der Waals surface area (Å²) in [4.78, 5) is 4.09. The van der Waals surface area contributed by atoms with E-state index in [-0.39, 0.29) is 21.0 Å². The van der Waals surface area contributed by atoms with E-state index in [4.69, 9.17) is 16.3 Å². The van der Waals surface area contributed by atoms with Crippen LogP contribution in [0.15, 0.2) is 71.9 Å². The zero-order chi connectivity index (χ0) is 22.4. The number of ether oxygens (including phenoxy) is 1. The van der Waals surface area contributed by atoms with Gasteiger partial charge in [-0.1, -0.05) is 17.7 Å². The van der Waals surface area contributed by atoms with Crippen molar-refractivity contribution in [3.8, 4) is 17.2 Å². The van der Waals surface area contributed by atoms with E-state index in [1.807, 2.05) is 0 Å². The number of rotatable bonds is 4. The average Bonchev–Trinajstić information content (AvgIpc) is 3.12. The molecule has 0 fully saturated rings. The minimum Gasteiger partial charge on any atom is -0.457 e. The number of benzene rings is 3. The van der Waals surface area contributed by atoms with Crippen LogP contribution in [-0.4, -0.2) is 24.2 Å². The van der Waals surface area contributed by atoms with Gasteiger partial charge in [0, 0.05) is 12.3 Å². The van der Waals surface area contributed by atoms with Crippen LogP contribution in [0.3, 0.4) is 0 Å². The van der Waals surface area contributed by atoms with Crippen molar-refractivity contribution in [1.82, 2.24) is 9.55 Å². The predicted octanol–water partition coefficient (Wildman–Crippen LogP) is 5.89. The molecule has 0 amide bonds. The Balaban J connectivity index is 1.72. The Morgan fingerprint density at radius 3 is 2.32 bits per heavy atom. The molecule has 3 aromatic carbocycles. The highest BCUT2D eigenvalue weighted by Gasteiger charge is 2.33. The molecule has 0 N–H and O–H groups in total. The standard InChI is InChI=1S/C21H14ClF3N2O3S/c1-31(28,29)15-8-5-13(6-9-15)30-14-7-10-17(22)19(11-14)27-12-26-20-16(21(23,24)25)3-2-4-18(20)27/h2-12H,1H3. The molecule has 0 aliphatic heterocycles. The Kier molecular flexibility index (Phi) is 5.18. The van der Waals surface area contributed by atoms with Gasteiger partial charge >= 0.3 is 6.18 Å². The first-order chi connectivity index (χ1) is 14.5. The van der Waals surface area contributed by atoms with E-state index in [2.05, 4.69) is 4.98 Å². The van der Waals surface area contributed by atoms with E-state index >= 15 is 0 Å². The maximum atomic E-state index is 13.3. The van der Waals surface area contributed by atoms with Crippen molar-refractivity contribution in [2.45, 2.75) is 11.1 Å². The van der Waals surface area contributed by atoms with Gasteiger partial charge in [-0.05, 0) is 48.5 Å². The van der Waals surface area contributed by atoms with Crippen molar-refractivity contribution in [3.05, 3.63) is 77.6 Å². The van der Waals surface area contributed by atoms with E-state index in [1.54, 1.807) is 18.2 Å². The molecule has 4 aromatic rings. The topological polar surface area (TPSA) is 61.2 Å². The Bertz CT molecular complexity index is 1380. The molecule has 0 bridgehead atoms. The minimum atomic E-state index is -4.54. The number of fused-ring (bicyclic) bond motifs is 1. The van der Waals surface area contributed by atoms with Crippen molar-refractivity contribution in [2.75, 3.05) is 6.26 Å². The summed E-state index contributed by atoms with van der Waals surface area (Å²) in [5.41, 5.74) is -0.396. The number of halogens is 4. The van der Waals surface area contributed by atoms with Gasteiger partial charge in [0.25, 0.3) is 0 Å². The molecule has 0 spiro atoms. The van der Waals surface area contributed by atoms with Gasteiger partial charge in [-0.25, -0.2) is 13.4 Å². The van der Waals surface area contributed by atoms with Crippen LogP contribution < -0.4 is 4.74 Å². The second-order valence-corrected chi connectivity index (χ2v) is 9.17. The van der Waals surface area contributed by atoms with Crippen molar-refractivity contribution < 1.29 is 26.3 Å². The van der Waals surface area contributed by atoms with E-state index in [9.17, 15) is 21.6 Å². The summed E-state index contributed by atoms with van der Waals surface area (Å²) in [6.07, 6.45) is -2.16. The highest BCUT2D eigenvalue weighted by atomic mass is 35.5. The molecule has 160 valence electrons. The highest BCUT2D eigenvalue weighted by molar-refractivity contribution is 7.90. The third-order valence-corrected chi connectivity index (χ3v) is 5.99. The van der Waals surface area contributed by atoms with Crippen LogP contribution in [0.1, 0.15) is 5.56 Å². The fourth-order valence-corrected chi connectivity index (χ4v) is 3.93. The SMILES string of the molecule is CS(=O)(=O)c1ccc(Oc2ccc(Cl)c(-n3cnc4c(C(F)(F)F)cccc43)c2)cc1. The number of imidazole rings is 1. The van der Waals surface area contributed by atoms with E-state index in [0.717, 1.165) is 12.3 Å². The number of aromatic nitrogens is 2. The third kappa shape index (κ3) is 4.24. The predicted molar refractivity (Wildman–Crippen MR) is 111 cm³/mol. The van der Waals surface area contributed by atoms with Crippen molar-refractivity contribution in [1.29, 1.82) is 0 Å². The number of hydrogen-bond donors (Lipinski definition) is 0. The lowest BCUT2D eigenvalue weighted by atomic mass is 10.1. The van der Waals surface area contributed by atoms with Gasteiger partial charge in [0.2, 0.25) is 0 Å². The zero-order valence-corrected chi connectivity index (χ0v) is 17.5. The second-order valence-electron chi connectivity index (χ2n) is 6.74. The van der Waals surface area contributed by atoms with Crippen LogP contribution in [0.25, 0.3) is 16.7 Å². The quantitative estimate of drug-likeness (QED) is 0.376. The molecule has 0 aliphatic rings. The summed E-state index contributed by atoms with van der Waals surface area (Å²) in [6.45, 7) is 0. The van der Waals surface area contributed by atoms with Crippen LogP contribution in [0.2, 0.25) is 5.02 Å². The van der Waals surface area contributed by atoms with E-state index in [0.29, 0.717) is 17.2 Å². The summed E-state index contributed by atoms with van der Waals surface area (Å²) in [6, 6.07) is 14.4. The zero-order valence-electron chi connectivity index (χ0n) is 15.9. The largest absolute Gasteiger partial charge is 0.457 e. The lowest BCUT2D eigenvalue weighted by molar-refractivity contribution is -0.136. The molecule has 0 unspecified atom stereocenters. The van der Waals surface area contributed by atoms with Crippen molar-refractivity contribution in [2.24, 2.45) is 0 Å². The molecule has 0 saturated heterocycles. The van der Waals surface area contributed by atoms with Gasteiger partial charge in [-0.3, -0.25) is 4.57 Å². The molecule has 0 radical (unpaired) electrons. The van der Waals surface area contributed by atoms with Crippen LogP contribution in [0.4, 0.5) is 13.2 Å². The summed E-state index contributed by atoms with van der Waals surface area (Å²) in [5.74, 6) is 0.746. The van der Waals surface area contributed by atoms with E-state index < -0.39 is 21.6 Å². The van der Waals surface area contributed by atoms with Crippen LogP contribution in [0.5, 0.6) is 11.5 Å². The number of hydrogen-bond acceptors (Lipinski definition) is 4. The number of para-hydroxylation sites is 1. The Morgan fingerprint density at radius 2 is 1.68 bits per heavy atom. The minimum absolute atomic E-state index is 0.155. The molecule has 0 atom stereocenters. The number of sulfone groups is 1. The Morgan fingerprint density at radius 1 is 1.00 bits per heavy atom. The molecular weight excluding hydrogens is 453 g/mol. The first-order valence-corrected chi connectivity index (χ1v) is 11.1. The molecule has 0 aliphatic carbocycles. The Hall–Kier alpha value is -3.04. The lowest BCUT2D eigenvalue weighted by Gasteiger charge is -2.12. The Labute approximate surface area is 180 Å². The molecule has 31 heavy (non-hydrogen) atoms. The molecule has 5 nitrogen and oxygen atoms in total. The second kappa shape index (κ2) is 7.58. The molecular formula is C21H14ClF3N2O3S. The van der Waals surface area contributed by atoms with Gasteiger partial charge in [0.1, 0.15) is 23.3 Å². The summed E-state index contributed by atoms with van der Waals surface area (Å²) >= 11 is 6.30. The molecule has 1 aromatic heterocycles. The highest BCUT2D eigenvalue weighted by Crippen LogP contribution is 2.36. The van der Waals surface area contributed by atoms with Gasteiger partial charge < -0.3 is 4.74 Å². The van der Waals surface area contributed by atoms with Crippen LogP contribution in [-0.2, 0) is 16.0 Å². The van der Waals surface area contributed by atoms with Gasteiger partial charge in [0.05, 0.1) is 26.7 Å². The fourth-order valence-electron chi connectivity index (χ4n) is 3.09. The maximum absolute atomic E-state index is 13.3. The molecule has 10 heteroatoms. The first-order valence-electron chi connectivity index (χ1n) is 8.85. The fraction of sp³-hybridized carbons (Fsp3) is 0.0952. The van der Waals surface area contributed by atoms with Gasteiger partial charge in [-0.15, -0.1) is 0 Å². The smallest absolute Gasteiger partial charge is 0.418 e. The number of nitrogens with zero attached hydrogens (tertiary/aromatic N) is 2. The van der Waals surface area contributed by atoms with Gasteiger partial charge in [0.15, 0.2) is 9.84 Å². The van der Waals surface area contributed by atoms with Crippen molar-refractivity contribution in [3.63, 3.8) is 0 Å². The van der Waals surface area contributed by atoms with E-state index in [1.165, 1.54) is 47.3 Å². The molecule has 1 heterocycles. The summed E-state index contributed by atoms with van der Waals surface area (Å²) < 4.78 is 70.2. The monoisotopic (exact) mass is 466 g/mol. The summed E-state index contributed by atoms with van der Waals surface area (Å²) in [7, 11) is -3.33. The van der Waals surface area contributed by atoms with Crippen molar-refractivity contribution >= 4 is 32.5 Å². The average molecular weight is 467 g/mol.